The van der Waals surface area contributed by atoms with Crippen molar-refractivity contribution in [3.8, 4) is 17.8 Å². The molecule has 0 atom stereocenters. The first-order valence-corrected chi connectivity index (χ1v) is 8.88. The largest absolute Gasteiger partial charge is 0.385 e. The first-order chi connectivity index (χ1) is 13.5. The lowest BCUT2D eigenvalue weighted by molar-refractivity contribution is 0.627. The molecule has 0 bridgehead atoms. The molecule has 140 valence electrons. The second-order valence-corrected chi connectivity index (χ2v) is 6.45. The smallest absolute Gasteiger partial charge is 0.145 e. The number of nitrogens with two attached hydrogens (primary N) is 1. The zero-order valence-electron chi connectivity index (χ0n) is 14.8. The molecule has 2 aromatic carbocycles. The molecule has 3 aromatic rings. The standard InChI is InChI=1S/C20H16ClFN6/c21-18-10-15(6-3-13(18)11-23)26-9-1-2-19-17(12-24)20(25)28(27-19)16-7-4-14(22)5-8-16/h3-8,10,26H,1-2,9,25H2. The van der Waals surface area contributed by atoms with Crippen LogP contribution in [0.5, 0.6) is 0 Å². The first-order valence-electron chi connectivity index (χ1n) is 8.50. The van der Waals surface area contributed by atoms with Crippen LogP contribution in [0.3, 0.4) is 0 Å². The fourth-order valence-electron chi connectivity index (χ4n) is 2.76. The molecule has 0 saturated heterocycles. The summed E-state index contributed by atoms with van der Waals surface area (Å²) in [6, 6.07) is 15.0. The molecule has 0 unspecified atom stereocenters. The third-order valence-electron chi connectivity index (χ3n) is 4.19. The summed E-state index contributed by atoms with van der Waals surface area (Å²) >= 11 is 6.02. The van der Waals surface area contributed by atoms with Gasteiger partial charge in [0, 0.05) is 12.2 Å². The molecule has 0 spiro atoms. The van der Waals surface area contributed by atoms with Gasteiger partial charge in [-0.2, -0.15) is 15.6 Å². The van der Waals surface area contributed by atoms with E-state index in [9.17, 15) is 9.65 Å². The highest BCUT2D eigenvalue weighted by Crippen LogP contribution is 2.23. The number of nitriles is 2. The molecule has 0 aliphatic rings. The van der Waals surface area contributed by atoms with E-state index >= 15 is 0 Å². The number of benzene rings is 2. The maximum Gasteiger partial charge on any atom is 0.145 e. The Bertz CT molecular complexity index is 1080. The highest BCUT2D eigenvalue weighted by molar-refractivity contribution is 6.32. The van der Waals surface area contributed by atoms with E-state index in [1.165, 1.54) is 16.8 Å². The van der Waals surface area contributed by atoms with Gasteiger partial charge >= 0.3 is 0 Å². The molecular weight excluding hydrogens is 379 g/mol. The third-order valence-corrected chi connectivity index (χ3v) is 4.50. The molecule has 0 aliphatic heterocycles. The lowest BCUT2D eigenvalue weighted by Crippen LogP contribution is -2.04. The van der Waals surface area contributed by atoms with Crippen LogP contribution in [0.25, 0.3) is 5.69 Å². The molecule has 0 saturated carbocycles. The fraction of sp³-hybridized carbons (Fsp3) is 0.150. The van der Waals surface area contributed by atoms with Gasteiger partial charge in [-0.25, -0.2) is 9.07 Å². The molecule has 3 N–H and O–H groups in total. The number of anilines is 2. The Labute approximate surface area is 166 Å². The summed E-state index contributed by atoms with van der Waals surface area (Å²) in [4.78, 5) is 0. The van der Waals surface area contributed by atoms with Gasteiger partial charge in [0.15, 0.2) is 0 Å². The van der Waals surface area contributed by atoms with Crippen molar-refractivity contribution in [1.29, 1.82) is 10.5 Å². The molecule has 1 heterocycles. The van der Waals surface area contributed by atoms with Crippen LogP contribution in [-0.2, 0) is 6.42 Å². The summed E-state index contributed by atoms with van der Waals surface area (Å²) < 4.78 is 14.6. The monoisotopic (exact) mass is 394 g/mol. The van der Waals surface area contributed by atoms with Crippen molar-refractivity contribution in [2.24, 2.45) is 0 Å². The van der Waals surface area contributed by atoms with Gasteiger partial charge in [-0.05, 0) is 55.3 Å². The van der Waals surface area contributed by atoms with E-state index in [0.29, 0.717) is 46.9 Å². The topological polar surface area (TPSA) is 103 Å². The van der Waals surface area contributed by atoms with Gasteiger partial charge < -0.3 is 11.1 Å². The summed E-state index contributed by atoms with van der Waals surface area (Å²) in [5, 5.41) is 26.4. The Morgan fingerprint density at radius 2 is 1.89 bits per heavy atom. The molecule has 6 nitrogen and oxygen atoms in total. The minimum absolute atomic E-state index is 0.232. The second kappa shape index (κ2) is 8.43. The molecular formula is C20H16ClFN6. The van der Waals surface area contributed by atoms with Gasteiger partial charge in [0.1, 0.15) is 29.3 Å². The molecule has 28 heavy (non-hydrogen) atoms. The molecule has 1 aromatic heterocycles. The number of aromatic nitrogens is 2. The van der Waals surface area contributed by atoms with E-state index in [1.807, 2.05) is 6.07 Å². The normalized spacial score (nSPS) is 10.3. The van der Waals surface area contributed by atoms with Gasteiger partial charge in [0.05, 0.1) is 22.0 Å². The molecule has 0 radical (unpaired) electrons. The van der Waals surface area contributed by atoms with E-state index in [2.05, 4.69) is 16.5 Å². The summed E-state index contributed by atoms with van der Waals surface area (Å²) in [6.45, 7) is 0.621. The van der Waals surface area contributed by atoms with Gasteiger partial charge in [-0.1, -0.05) is 11.6 Å². The molecule has 8 heteroatoms. The number of rotatable bonds is 6. The van der Waals surface area contributed by atoms with Crippen LogP contribution >= 0.6 is 11.6 Å². The van der Waals surface area contributed by atoms with Gasteiger partial charge in [-0.15, -0.1) is 0 Å². The van der Waals surface area contributed by atoms with E-state index in [4.69, 9.17) is 22.6 Å². The Hall–Kier alpha value is -3.55. The number of aryl methyl sites for hydroxylation is 1. The summed E-state index contributed by atoms with van der Waals surface area (Å²) in [6.07, 6.45) is 1.24. The number of nitrogens with zero attached hydrogens (tertiary/aromatic N) is 4. The summed E-state index contributed by atoms with van der Waals surface area (Å²) in [7, 11) is 0. The van der Waals surface area contributed by atoms with Crippen LogP contribution in [0.15, 0.2) is 42.5 Å². The zero-order valence-corrected chi connectivity index (χ0v) is 15.5. The molecule has 3 rings (SSSR count). The van der Waals surface area contributed by atoms with E-state index in [1.54, 1.807) is 30.3 Å². The van der Waals surface area contributed by atoms with Crippen molar-refractivity contribution in [3.05, 3.63) is 70.1 Å². The Morgan fingerprint density at radius 1 is 1.14 bits per heavy atom. The Morgan fingerprint density at radius 3 is 2.54 bits per heavy atom. The van der Waals surface area contributed by atoms with Crippen LogP contribution < -0.4 is 11.1 Å². The first kappa shape index (κ1) is 19.2. The number of hydrogen-bond acceptors (Lipinski definition) is 5. The number of nitrogen functional groups attached to an aromatic ring is 1. The number of hydrogen-bond donors (Lipinski definition) is 2. The average molecular weight is 395 g/mol. The highest BCUT2D eigenvalue weighted by atomic mass is 35.5. The maximum atomic E-state index is 13.1. The van der Waals surface area contributed by atoms with E-state index < -0.39 is 0 Å². The SMILES string of the molecule is N#Cc1ccc(NCCCc2nn(-c3ccc(F)cc3)c(N)c2C#N)cc1Cl. The second-order valence-electron chi connectivity index (χ2n) is 6.04. The van der Waals surface area contributed by atoms with Crippen molar-refractivity contribution in [3.63, 3.8) is 0 Å². The number of halogens is 2. The van der Waals surface area contributed by atoms with Crippen molar-refractivity contribution < 1.29 is 4.39 Å². The molecule has 0 amide bonds. The lowest BCUT2D eigenvalue weighted by atomic mass is 10.1. The average Bonchev–Trinajstić information content (AvgIpc) is 3.01. The van der Waals surface area contributed by atoms with Crippen molar-refractivity contribution in [2.75, 3.05) is 17.6 Å². The predicted octanol–water partition coefficient (Wildman–Crippen LogP) is 4.04. The van der Waals surface area contributed by atoms with Crippen molar-refractivity contribution in [1.82, 2.24) is 9.78 Å². The van der Waals surface area contributed by atoms with Crippen LogP contribution in [0.4, 0.5) is 15.9 Å². The van der Waals surface area contributed by atoms with Gasteiger partial charge in [0.2, 0.25) is 0 Å². The quantitative estimate of drug-likeness (QED) is 0.614. The van der Waals surface area contributed by atoms with Gasteiger partial charge in [-0.3, -0.25) is 0 Å². The Balaban J connectivity index is 1.67. The molecule has 0 fully saturated rings. The lowest BCUT2D eigenvalue weighted by Gasteiger charge is -2.06. The van der Waals surface area contributed by atoms with Gasteiger partial charge in [0.25, 0.3) is 0 Å². The highest BCUT2D eigenvalue weighted by Gasteiger charge is 2.16. The third kappa shape index (κ3) is 4.06. The summed E-state index contributed by atoms with van der Waals surface area (Å²) in [5.41, 5.74) is 8.78. The zero-order chi connectivity index (χ0) is 20.1. The fourth-order valence-corrected chi connectivity index (χ4v) is 2.98. The predicted molar refractivity (Wildman–Crippen MR) is 106 cm³/mol. The summed E-state index contributed by atoms with van der Waals surface area (Å²) in [5.74, 6) is -0.125. The van der Waals surface area contributed by atoms with E-state index in [-0.39, 0.29) is 11.6 Å². The minimum Gasteiger partial charge on any atom is -0.385 e. The van der Waals surface area contributed by atoms with E-state index in [0.717, 1.165) is 5.69 Å². The van der Waals surface area contributed by atoms with Crippen molar-refractivity contribution >= 4 is 23.1 Å². The van der Waals surface area contributed by atoms with Crippen LogP contribution in [0.1, 0.15) is 23.2 Å². The Kier molecular flexibility index (Phi) is 5.78. The number of nitrogens with one attached hydrogen (secondary N) is 1. The maximum absolute atomic E-state index is 13.1. The van der Waals surface area contributed by atoms with Crippen molar-refractivity contribution in [2.45, 2.75) is 12.8 Å². The molecule has 0 aliphatic carbocycles. The van der Waals surface area contributed by atoms with Crippen LogP contribution in [0.2, 0.25) is 5.02 Å². The van der Waals surface area contributed by atoms with Crippen LogP contribution in [0, 0.1) is 28.5 Å². The minimum atomic E-state index is -0.357. The van der Waals surface area contributed by atoms with Crippen LogP contribution in [-0.4, -0.2) is 16.3 Å².